The number of halogens is 1. The number of nitrogens with zero attached hydrogens (tertiary/aromatic N) is 3. The highest BCUT2D eigenvalue weighted by molar-refractivity contribution is 6.33. The van der Waals surface area contributed by atoms with Crippen LogP contribution in [0.25, 0.3) is 22.4 Å². The van der Waals surface area contributed by atoms with E-state index in [9.17, 15) is 4.79 Å². The summed E-state index contributed by atoms with van der Waals surface area (Å²) in [5.74, 6) is -0.344. The van der Waals surface area contributed by atoms with Gasteiger partial charge in [-0.25, -0.2) is 4.98 Å². The maximum absolute atomic E-state index is 10.8. The molecular formula is C24H21ClN4O4. The molecule has 33 heavy (non-hydrogen) atoms. The number of carboxylic acid groups (broad SMARTS) is 1. The fourth-order valence-corrected chi connectivity index (χ4v) is 4.02. The molecule has 0 amide bonds. The number of fused-ring (bicyclic) bond motifs is 1. The molecule has 0 atom stereocenters. The van der Waals surface area contributed by atoms with Crippen molar-refractivity contribution in [1.29, 1.82) is 0 Å². The van der Waals surface area contributed by atoms with Crippen LogP contribution in [0.4, 0.5) is 5.69 Å². The fraction of sp³-hybridized carbons (Fsp3) is 0.208. The first-order chi connectivity index (χ1) is 16.0. The van der Waals surface area contributed by atoms with Gasteiger partial charge in [0.2, 0.25) is 0 Å². The van der Waals surface area contributed by atoms with Gasteiger partial charge in [-0.15, -0.1) is 0 Å². The van der Waals surface area contributed by atoms with E-state index in [-0.39, 0.29) is 12.4 Å². The van der Waals surface area contributed by atoms with Crippen molar-refractivity contribution >= 4 is 34.4 Å². The number of nitrogens with one attached hydrogen (secondary N) is 1. The van der Waals surface area contributed by atoms with Gasteiger partial charge in [0.15, 0.2) is 5.65 Å². The Morgan fingerprint density at radius 3 is 2.52 bits per heavy atom. The van der Waals surface area contributed by atoms with E-state index >= 15 is 0 Å². The van der Waals surface area contributed by atoms with Crippen molar-refractivity contribution in [3.05, 3.63) is 65.2 Å². The number of aromatic amines is 1. The summed E-state index contributed by atoms with van der Waals surface area (Å²) >= 11 is 6.53. The van der Waals surface area contributed by atoms with Crippen molar-refractivity contribution in [3.8, 4) is 23.0 Å². The lowest BCUT2D eigenvalue weighted by molar-refractivity contribution is -0.136. The van der Waals surface area contributed by atoms with Crippen molar-refractivity contribution < 1.29 is 19.4 Å². The summed E-state index contributed by atoms with van der Waals surface area (Å²) in [5.41, 5.74) is 4.53. The molecule has 2 N–H and O–H groups in total. The third-order valence-electron chi connectivity index (χ3n) is 5.42. The molecule has 9 heteroatoms. The molecule has 2 aromatic heterocycles. The molecule has 1 aliphatic heterocycles. The molecule has 4 aromatic rings. The summed E-state index contributed by atoms with van der Waals surface area (Å²) in [5, 5.41) is 9.39. The topological polar surface area (TPSA) is 101 Å². The first kappa shape index (κ1) is 21.2. The minimum atomic E-state index is -0.879. The molecule has 1 saturated heterocycles. The second-order valence-electron chi connectivity index (χ2n) is 7.69. The van der Waals surface area contributed by atoms with Crippen LogP contribution in [0.3, 0.4) is 0 Å². The Bertz CT molecular complexity index is 1280. The Hall–Kier alpha value is -3.62. The molecule has 8 nitrogen and oxygen atoms in total. The number of hydrogen-bond acceptors (Lipinski definition) is 6. The summed E-state index contributed by atoms with van der Waals surface area (Å²) in [7, 11) is 0. The normalized spacial score (nSPS) is 13.9. The van der Waals surface area contributed by atoms with E-state index in [1.165, 1.54) is 0 Å². The molecule has 0 aliphatic carbocycles. The van der Waals surface area contributed by atoms with E-state index < -0.39 is 5.97 Å². The van der Waals surface area contributed by atoms with Gasteiger partial charge < -0.3 is 24.5 Å². The number of ether oxygens (including phenoxy) is 2. The van der Waals surface area contributed by atoms with Gasteiger partial charge in [0.05, 0.1) is 35.9 Å². The van der Waals surface area contributed by atoms with Crippen LogP contribution in [-0.4, -0.2) is 52.3 Å². The van der Waals surface area contributed by atoms with Gasteiger partial charge in [0.25, 0.3) is 0 Å². The molecule has 0 saturated carbocycles. The van der Waals surface area contributed by atoms with Crippen molar-refractivity contribution in [3.63, 3.8) is 0 Å². The lowest BCUT2D eigenvalue weighted by atomic mass is 10.1. The van der Waals surface area contributed by atoms with Crippen molar-refractivity contribution in [2.75, 3.05) is 31.2 Å². The molecule has 0 bridgehead atoms. The summed E-state index contributed by atoms with van der Waals surface area (Å²) in [6.45, 7) is 3.23. The third kappa shape index (κ3) is 4.76. The zero-order valence-corrected chi connectivity index (χ0v) is 18.4. The molecule has 2 aromatic carbocycles. The lowest BCUT2D eigenvalue weighted by Gasteiger charge is -2.28. The quantitative estimate of drug-likeness (QED) is 0.432. The van der Waals surface area contributed by atoms with Gasteiger partial charge in [-0.05, 0) is 35.9 Å². The van der Waals surface area contributed by atoms with Gasteiger partial charge in [0.1, 0.15) is 5.75 Å². The SMILES string of the molecule is O=C(O)Cc1ccc(Oc2nc3nc(-c4ccc(N5CCOCC5)cc4)c(Cl)cc3[nH]2)cc1. The zero-order chi connectivity index (χ0) is 22.8. The Labute approximate surface area is 194 Å². The average molecular weight is 465 g/mol. The molecular weight excluding hydrogens is 444 g/mol. The van der Waals surface area contributed by atoms with Crippen LogP contribution in [-0.2, 0) is 16.0 Å². The monoisotopic (exact) mass is 464 g/mol. The Kier molecular flexibility index (Phi) is 5.85. The number of aromatic nitrogens is 3. The highest BCUT2D eigenvalue weighted by Gasteiger charge is 2.15. The summed E-state index contributed by atoms with van der Waals surface area (Å²) in [6.07, 6.45) is -0.0382. The van der Waals surface area contributed by atoms with Crippen molar-refractivity contribution in [2.45, 2.75) is 6.42 Å². The van der Waals surface area contributed by atoms with Crippen LogP contribution in [0, 0.1) is 0 Å². The van der Waals surface area contributed by atoms with Gasteiger partial charge in [-0.2, -0.15) is 4.98 Å². The van der Waals surface area contributed by atoms with E-state index in [2.05, 4.69) is 32.0 Å². The smallest absolute Gasteiger partial charge is 0.307 e. The van der Waals surface area contributed by atoms with Crippen LogP contribution in [0.15, 0.2) is 54.6 Å². The first-order valence-electron chi connectivity index (χ1n) is 10.5. The van der Waals surface area contributed by atoms with E-state index in [1.807, 2.05) is 12.1 Å². The van der Waals surface area contributed by atoms with Gasteiger partial charge in [0, 0.05) is 24.3 Å². The summed E-state index contributed by atoms with van der Waals surface area (Å²) in [6, 6.07) is 17.0. The minimum absolute atomic E-state index is 0.0382. The number of benzene rings is 2. The summed E-state index contributed by atoms with van der Waals surface area (Å²) < 4.78 is 11.2. The predicted octanol–water partition coefficient (Wildman–Crippen LogP) is 4.53. The lowest BCUT2D eigenvalue weighted by Crippen LogP contribution is -2.36. The number of anilines is 1. The number of aliphatic carboxylic acids is 1. The van der Waals surface area contributed by atoms with Crippen LogP contribution in [0.2, 0.25) is 5.02 Å². The number of rotatable bonds is 6. The molecule has 5 rings (SSSR count). The number of pyridine rings is 1. The van der Waals surface area contributed by atoms with Crippen LogP contribution < -0.4 is 9.64 Å². The van der Waals surface area contributed by atoms with E-state index in [1.54, 1.807) is 30.3 Å². The van der Waals surface area contributed by atoms with Gasteiger partial charge in [-0.3, -0.25) is 4.79 Å². The van der Waals surface area contributed by atoms with Crippen molar-refractivity contribution in [2.24, 2.45) is 0 Å². The fourth-order valence-electron chi connectivity index (χ4n) is 3.76. The predicted molar refractivity (Wildman–Crippen MR) is 125 cm³/mol. The average Bonchev–Trinajstić information content (AvgIpc) is 3.21. The maximum Gasteiger partial charge on any atom is 0.307 e. The largest absolute Gasteiger partial charge is 0.481 e. The Morgan fingerprint density at radius 2 is 1.82 bits per heavy atom. The first-order valence-corrected chi connectivity index (χ1v) is 10.9. The Morgan fingerprint density at radius 1 is 1.09 bits per heavy atom. The Balaban J connectivity index is 1.36. The number of H-pyrrole nitrogens is 1. The molecule has 168 valence electrons. The van der Waals surface area contributed by atoms with Crippen LogP contribution in [0.5, 0.6) is 11.8 Å². The second-order valence-corrected chi connectivity index (χ2v) is 8.10. The van der Waals surface area contributed by atoms with Gasteiger partial charge in [-0.1, -0.05) is 35.9 Å². The third-order valence-corrected chi connectivity index (χ3v) is 5.70. The number of carboxylic acids is 1. The minimum Gasteiger partial charge on any atom is -0.481 e. The highest BCUT2D eigenvalue weighted by Crippen LogP contribution is 2.31. The molecule has 1 fully saturated rings. The van der Waals surface area contributed by atoms with E-state index in [0.717, 1.165) is 37.6 Å². The molecule has 0 spiro atoms. The molecule has 0 radical (unpaired) electrons. The summed E-state index contributed by atoms with van der Waals surface area (Å²) in [4.78, 5) is 25.3. The van der Waals surface area contributed by atoms with Gasteiger partial charge >= 0.3 is 12.0 Å². The number of morpholine rings is 1. The number of hydrogen-bond donors (Lipinski definition) is 2. The number of imidazole rings is 1. The second kappa shape index (κ2) is 9.09. The highest BCUT2D eigenvalue weighted by atomic mass is 35.5. The van der Waals surface area contributed by atoms with Crippen LogP contribution in [0.1, 0.15) is 5.56 Å². The number of carbonyl (C=O) groups is 1. The van der Waals surface area contributed by atoms with E-state index in [0.29, 0.717) is 33.2 Å². The standard InChI is InChI=1S/C24H21ClN4O4/c25-19-14-20-23(28-24(26-20)33-18-7-1-15(2-8-18)13-21(30)31)27-22(19)16-3-5-17(6-4-16)29-9-11-32-12-10-29/h1-8,14H,9-13H2,(H,30,31)(H,26,27,28). The molecule has 3 heterocycles. The molecule has 1 aliphatic rings. The van der Waals surface area contributed by atoms with E-state index in [4.69, 9.17) is 26.2 Å². The maximum atomic E-state index is 10.8. The zero-order valence-electron chi connectivity index (χ0n) is 17.6. The van der Waals surface area contributed by atoms with Crippen molar-refractivity contribution in [1.82, 2.24) is 15.0 Å². The molecule has 0 unspecified atom stereocenters. The van der Waals surface area contributed by atoms with Crippen LogP contribution >= 0.6 is 11.6 Å².